The van der Waals surface area contributed by atoms with E-state index in [1.165, 1.54) is 0 Å². The number of rotatable bonds is 5. The van der Waals surface area contributed by atoms with Crippen LogP contribution in [0.2, 0.25) is 0 Å². The molecule has 0 heterocycles. The fraction of sp³-hybridized carbons (Fsp3) is 0.667. The smallest absolute Gasteiger partial charge is 0.450 e. The van der Waals surface area contributed by atoms with Gasteiger partial charge in [-0.25, -0.2) is 9.59 Å². The van der Waals surface area contributed by atoms with Crippen molar-refractivity contribution in [2.24, 2.45) is 0 Å². The average Bonchev–Trinajstić information content (AvgIpc) is 1.96. The van der Waals surface area contributed by atoms with Gasteiger partial charge in [-0.3, -0.25) is 0 Å². The van der Waals surface area contributed by atoms with Crippen LogP contribution in [0, 0.1) is 0 Å². The first-order chi connectivity index (χ1) is 6.02. The predicted octanol–water partition coefficient (Wildman–Crippen LogP) is 1.72. The normalized spacial score (nSPS) is 11.8. The summed E-state index contributed by atoms with van der Waals surface area (Å²) in [5.74, 6) is 0. The zero-order valence-corrected chi connectivity index (χ0v) is 7.36. The summed E-state index contributed by atoms with van der Waals surface area (Å²) < 4.78 is 8.29. The second-order valence-electron chi connectivity index (χ2n) is 2.05. The second-order valence-corrected chi connectivity index (χ2v) is 2.54. The highest BCUT2D eigenvalue weighted by atomic mass is 35.5. The number of hydrogen-bond acceptors (Lipinski definition) is 4. The molecule has 0 fully saturated rings. The van der Waals surface area contributed by atoms with Crippen LogP contribution in [-0.2, 0) is 9.47 Å². The molecule has 0 aromatic rings. The van der Waals surface area contributed by atoms with Gasteiger partial charge in [-0.15, -0.1) is 0 Å². The fourth-order valence-electron chi connectivity index (χ4n) is 0.572. The highest BCUT2D eigenvalue weighted by molar-refractivity contribution is 6.20. The van der Waals surface area contributed by atoms with Crippen molar-refractivity contribution in [3.8, 4) is 0 Å². The Morgan fingerprint density at radius 3 is 2.38 bits per heavy atom. The molecule has 76 valence electrons. The number of alkyl halides is 1. The molecule has 0 bridgehead atoms. The molecule has 0 amide bonds. The Balaban J connectivity index is 3.31. The van der Waals surface area contributed by atoms with Gasteiger partial charge in [-0.2, -0.15) is 0 Å². The zero-order chi connectivity index (χ0) is 10.3. The highest BCUT2D eigenvalue weighted by Crippen LogP contribution is 2.07. The van der Waals surface area contributed by atoms with Crippen molar-refractivity contribution in [2.45, 2.75) is 18.4 Å². The molecule has 0 aromatic heterocycles. The van der Waals surface area contributed by atoms with Gasteiger partial charge in [0.05, 0.1) is 6.61 Å². The Labute approximate surface area is 79.0 Å². The van der Waals surface area contributed by atoms with E-state index in [0.29, 0.717) is 6.42 Å². The summed E-state index contributed by atoms with van der Waals surface area (Å²) >= 11 is 5.39. The molecule has 0 saturated heterocycles. The molecule has 7 heteroatoms. The van der Waals surface area contributed by atoms with Crippen LogP contribution in [-0.4, -0.2) is 34.7 Å². The van der Waals surface area contributed by atoms with Crippen molar-refractivity contribution in [3.05, 3.63) is 0 Å². The second kappa shape index (κ2) is 6.36. The van der Waals surface area contributed by atoms with E-state index in [4.69, 9.17) is 21.8 Å². The van der Waals surface area contributed by atoms with Crippen LogP contribution in [0.5, 0.6) is 0 Å². The molecular weight excluding hydrogens is 204 g/mol. The van der Waals surface area contributed by atoms with E-state index in [1.807, 2.05) is 0 Å². The van der Waals surface area contributed by atoms with E-state index in [2.05, 4.69) is 9.47 Å². The summed E-state index contributed by atoms with van der Waals surface area (Å²) in [6.45, 7) is -0.0263. The maximum atomic E-state index is 9.92. The van der Waals surface area contributed by atoms with Crippen molar-refractivity contribution in [3.63, 3.8) is 0 Å². The van der Waals surface area contributed by atoms with Crippen LogP contribution in [0.25, 0.3) is 0 Å². The van der Waals surface area contributed by atoms with E-state index in [1.54, 1.807) is 0 Å². The molecule has 0 radical (unpaired) electrons. The summed E-state index contributed by atoms with van der Waals surface area (Å²) in [7, 11) is 0. The minimum absolute atomic E-state index is 0.0263. The molecule has 2 N–H and O–H groups in total. The van der Waals surface area contributed by atoms with Gasteiger partial charge in [0.15, 0.2) is 5.56 Å². The van der Waals surface area contributed by atoms with Crippen LogP contribution in [0.4, 0.5) is 9.59 Å². The fourth-order valence-corrected chi connectivity index (χ4v) is 0.802. The molecule has 0 aliphatic carbocycles. The van der Waals surface area contributed by atoms with Crippen molar-refractivity contribution in [1.29, 1.82) is 0 Å². The summed E-state index contributed by atoms with van der Waals surface area (Å²) in [4.78, 5) is 19.8. The molecular formula is C6H9ClO6. The molecule has 0 spiro atoms. The van der Waals surface area contributed by atoms with Gasteiger partial charge in [0.1, 0.15) is 0 Å². The largest absolute Gasteiger partial charge is 0.507 e. The maximum absolute atomic E-state index is 9.92. The third kappa shape index (κ3) is 8.74. The van der Waals surface area contributed by atoms with E-state index in [9.17, 15) is 9.59 Å². The number of halogens is 1. The molecule has 1 unspecified atom stereocenters. The van der Waals surface area contributed by atoms with Crippen LogP contribution >= 0.6 is 11.6 Å². The summed E-state index contributed by atoms with van der Waals surface area (Å²) in [5, 5.41) is 16.1. The van der Waals surface area contributed by atoms with E-state index >= 15 is 0 Å². The van der Waals surface area contributed by atoms with Crippen LogP contribution < -0.4 is 0 Å². The molecule has 0 aliphatic heterocycles. The van der Waals surface area contributed by atoms with Crippen molar-refractivity contribution >= 4 is 23.9 Å². The first kappa shape index (κ1) is 11.8. The molecule has 0 aliphatic rings. The van der Waals surface area contributed by atoms with E-state index in [0.717, 1.165) is 0 Å². The standard InChI is InChI=1S/C6H9ClO6/c7-4(13-6(10)11)2-1-3-12-5(8)9/h4H,1-3H2,(H,8,9)(H,10,11). The van der Waals surface area contributed by atoms with Gasteiger partial charge < -0.3 is 19.7 Å². The Kier molecular flexibility index (Phi) is 5.79. The molecule has 0 aromatic carbocycles. The molecule has 0 saturated carbocycles. The Bertz CT molecular complexity index is 182. The first-order valence-corrected chi connectivity index (χ1v) is 3.85. The number of hydrogen-bond donors (Lipinski definition) is 2. The van der Waals surface area contributed by atoms with Gasteiger partial charge in [0.2, 0.25) is 0 Å². The van der Waals surface area contributed by atoms with E-state index < -0.39 is 17.9 Å². The zero-order valence-electron chi connectivity index (χ0n) is 6.60. The molecule has 6 nitrogen and oxygen atoms in total. The lowest BCUT2D eigenvalue weighted by Gasteiger charge is -2.07. The minimum Gasteiger partial charge on any atom is -0.450 e. The average molecular weight is 213 g/mol. The summed E-state index contributed by atoms with van der Waals surface area (Å²) in [6.07, 6.45) is -2.31. The summed E-state index contributed by atoms with van der Waals surface area (Å²) in [6, 6.07) is 0. The lowest BCUT2D eigenvalue weighted by Crippen LogP contribution is -2.11. The Morgan fingerprint density at radius 1 is 1.31 bits per heavy atom. The Hall–Kier alpha value is -1.17. The predicted molar refractivity (Wildman–Crippen MR) is 42.0 cm³/mol. The quantitative estimate of drug-likeness (QED) is 0.409. The van der Waals surface area contributed by atoms with Gasteiger partial charge >= 0.3 is 12.3 Å². The lowest BCUT2D eigenvalue weighted by molar-refractivity contribution is 0.0672. The van der Waals surface area contributed by atoms with Gasteiger partial charge in [0.25, 0.3) is 0 Å². The van der Waals surface area contributed by atoms with Crippen molar-refractivity contribution in [1.82, 2.24) is 0 Å². The number of ether oxygens (including phenoxy) is 2. The highest BCUT2D eigenvalue weighted by Gasteiger charge is 2.09. The van der Waals surface area contributed by atoms with Crippen molar-refractivity contribution in [2.75, 3.05) is 6.61 Å². The van der Waals surface area contributed by atoms with Crippen LogP contribution in [0.1, 0.15) is 12.8 Å². The minimum atomic E-state index is -1.46. The van der Waals surface area contributed by atoms with E-state index in [-0.39, 0.29) is 13.0 Å². The maximum Gasteiger partial charge on any atom is 0.507 e. The topological polar surface area (TPSA) is 93.1 Å². The molecule has 13 heavy (non-hydrogen) atoms. The first-order valence-electron chi connectivity index (χ1n) is 3.41. The summed E-state index contributed by atoms with van der Waals surface area (Å²) in [5.41, 5.74) is -0.963. The van der Waals surface area contributed by atoms with Crippen molar-refractivity contribution < 1.29 is 29.3 Å². The van der Waals surface area contributed by atoms with Gasteiger partial charge in [-0.1, -0.05) is 11.6 Å². The number of carbonyl (C=O) groups is 2. The molecule has 1 atom stereocenters. The van der Waals surface area contributed by atoms with Crippen LogP contribution in [0.15, 0.2) is 0 Å². The Morgan fingerprint density at radius 2 is 1.92 bits per heavy atom. The van der Waals surface area contributed by atoms with Gasteiger partial charge in [-0.05, 0) is 6.42 Å². The third-order valence-electron chi connectivity index (χ3n) is 1.03. The van der Waals surface area contributed by atoms with Crippen LogP contribution in [0.3, 0.4) is 0 Å². The number of carboxylic acid groups (broad SMARTS) is 2. The SMILES string of the molecule is O=C(O)OCCCC(Cl)OC(=O)O. The molecule has 0 rings (SSSR count). The van der Waals surface area contributed by atoms with Gasteiger partial charge in [0, 0.05) is 6.42 Å². The third-order valence-corrected chi connectivity index (χ3v) is 1.34. The monoisotopic (exact) mass is 212 g/mol. The lowest BCUT2D eigenvalue weighted by atomic mass is 10.3.